The Labute approximate surface area is 121 Å². The molecule has 1 aliphatic rings. The zero-order chi connectivity index (χ0) is 13.8. The van der Waals surface area contributed by atoms with E-state index in [1.54, 1.807) is 7.11 Å². The van der Waals surface area contributed by atoms with E-state index >= 15 is 0 Å². The van der Waals surface area contributed by atoms with Gasteiger partial charge in [0, 0.05) is 6.04 Å². The molecule has 3 heteroatoms. The molecule has 0 heterocycles. The fraction of sp³-hybridized carbons (Fsp3) is 0.625. The lowest BCUT2D eigenvalue weighted by Crippen LogP contribution is -2.32. The van der Waals surface area contributed by atoms with Crippen molar-refractivity contribution in [2.24, 2.45) is 5.92 Å². The maximum atomic E-state index is 6.10. The SMILES string of the molecule is CCCNC1CCC(c2ccc(Cl)c(OC)c2)C1C. The molecule has 1 aromatic rings. The molecule has 0 radical (unpaired) electrons. The maximum absolute atomic E-state index is 6.10. The van der Waals surface area contributed by atoms with Crippen LogP contribution in [0.2, 0.25) is 5.02 Å². The monoisotopic (exact) mass is 281 g/mol. The Kier molecular flexibility index (Phi) is 5.12. The molecular weight excluding hydrogens is 258 g/mol. The van der Waals surface area contributed by atoms with Gasteiger partial charge in [0.2, 0.25) is 0 Å². The second-order valence-corrected chi connectivity index (χ2v) is 5.90. The average molecular weight is 282 g/mol. The van der Waals surface area contributed by atoms with Crippen LogP contribution in [0, 0.1) is 5.92 Å². The molecule has 3 atom stereocenters. The van der Waals surface area contributed by atoms with E-state index in [1.165, 1.54) is 24.8 Å². The van der Waals surface area contributed by atoms with Crippen LogP contribution in [0.4, 0.5) is 0 Å². The Morgan fingerprint density at radius 2 is 2.16 bits per heavy atom. The fourth-order valence-corrected chi connectivity index (χ4v) is 3.35. The standard InChI is InChI=1S/C16H24ClNO/c1-4-9-18-15-8-6-13(11(15)2)12-5-7-14(17)16(10-12)19-3/h5,7,10-11,13,15,18H,4,6,8-9H2,1-3H3. The van der Waals surface area contributed by atoms with Gasteiger partial charge in [0.1, 0.15) is 5.75 Å². The number of hydrogen-bond acceptors (Lipinski definition) is 2. The third-order valence-electron chi connectivity index (χ3n) is 4.32. The summed E-state index contributed by atoms with van der Waals surface area (Å²) in [6, 6.07) is 6.85. The molecule has 106 valence electrons. The van der Waals surface area contributed by atoms with Crippen molar-refractivity contribution in [3.8, 4) is 5.75 Å². The highest BCUT2D eigenvalue weighted by atomic mass is 35.5. The number of methoxy groups -OCH3 is 1. The summed E-state index contributed by atoms with van der Waals surface area (Å²) in [4.78, 5) is 0. The molecule has 1 aliphatic carbocycles. The van der Waals surface area contributed by atoms with E-state index in [0.29, 0.717) is 22.9 Å². The summed E-state index contributed by atoms with van der Waals surface area (Å²) in [7, 11) is 1.68. The van der Waals surface area contributed by atoms with Gasteiger partial charge in [0.15, 0.2) is 0 Å². The first-order valence-corrected chi connectivity index (χ1v) is 7.62. The van der Waals surface area contributed by atoms with E-state index in [9.17, 15) is 0 Å². The summed E-state index contributed by atoms with van der Waals surface area (Å²) in [5, 5.41) is 4.36. The minimum absolute atomic E-state index is 0.612. The first-order valence-electron chi connectivity index (χ1n) is 7.24. The quantitative estimate of drug-likeness (QED) is 0.872. The van der Waals surface area contributed by atoms with Crippen LogP contribution in [0.25, 0.3) is 0 Å². The zero-order valence-electron chi connectivity index (χ0n) is 12.1. The largest absolute Gasteiger partial charge is 0.495 e. The molecule has 2 rings (SSSR count). The predicted molar refractivity (Wildman–Crippen MR) is 81.2 cm³/mol. The molecule has 19 heavy (non-hydrogen) atoms. The van der Waals surface area contributed by atoms with Gasteiger partial charge in [-0.15, -0.1) is 0 Å². The van der Waals surface area contributed by atoms with Crippen LogP contribution in [0.5, 0.6) is 5.75 Å². The molecule has 0 spiro atoms. The van der Waals surface area contributed by atoms with E-state index in [4.69, 9.17) is 16.3 Å². The van der Waals surface area contributed by atoms with E-state index < -0.39 is 0 Å². The van der Waals surface area contributed by atoms with E-state index in [0.717, 1.165) is 12.3 Å². The summed E-state index contributed by atoms with van der Waals surface area (Å²) in [6.45, 7) is 5.69. The summed E-state index contributed by atoms with van der Waals surface area (Å²) in [5.74, 6) is 2.06. The summed E-state index contributed by atoms with van der Waals surface area (Å²) in [5.41, 5.74) is 1.36. The minimum atomic E-state index is 0.612. The Balaban J connectivity index is 2.10. The topological polar surface area (TPSA) is 21.3 Å². The molecule has 0 aromatic heterocycles. The van der Waals surface area contributed by atoms with Gasteiger partial charge in [0.05, 0.1) is 12.1 Å². The second kappa shape index (κ2) is 6.62. The van der Waals surface area contributed by atoms with E-state index in [1.807, 2.05) is 6.07 Å². The van der Waals surface area contributed by atoms with Gasteiger partial charge in [-0.3, -0.25) is 0 Å². The lowest BCUT2D eigenvalue weighted by atomic mass is 9.89. The van der Waals surface area contributed by atoms with Gasteiger partial charge in [-0.2, -0.15) is 0 Å². The van der Waals surface area contributed by atoms with Gasteiger partial charge < -0.3 is 10.1 Å². The van der Waals surface area contributed by atoms with Gasteiger partial charge in [-0.25, -0.2) is 0 Å². The third kappa shape index (κ3) is 3.24. The lowest BCUT2D eigenvalue weighted by molar-refractivity contribution is 0.399. The molecule has 0 bridgehead atoms. The number of ether oxygens (including phenoxy) is 1. The average Bonchev–Trinajstić information content (AvgIpc) is 2.78. The van der Waals surface area contributed by atoms with Crippen LogP contribution >= 0.6 is 11.6 Å². The van der Waals surface area contributed by atoms with Gasteiger partial charge >= 0.3 is 0 Å². The highest BCUT2D eigenvalue weighted by Gasteiger charge is 2.33. The van der Waals surface area contributed by atoms with Crippen molar-refractivity contribution in [2.45, 2.75) is 45.1 Å². The zero-order valence-corrected chi connectivity index (χ0v) is 12.8. The van der Waals surface area contributed by atoms with Crippen molar-refractivity contribution in [3.63, 3.8) is 0 Å². The molecule has 1 N–H and O–H groups in total. The van der Waals surface area contributed by atoms with Crippen LogP contribution < -0.4 is 10.1 Å². The molecule has 2 nitrogen and oxygen atoms in total. The summed E-state index contributed by atoms with van der Waals surface area (Å²) in [6.07, 6.45) is 3.70. The van der Waals surface area contributed by atoms with Crippen LogP contribution in [-0.4, -0.2) is 19.7 Å². The third-order valence-corrected chi connectivity index (χ3v) is 4.63. The number of benzene rings is 1. The van der Waals surface area contributed by atoms with Crippen LogP contribution in [-0.2, 0) is 0 Å². The first kappa shape index (κ1) is 14.7. The summed E-state index contributed by atoms with van der Waals surface area (Å²) < 4.78 is 5.32. The van der Waals surface area contributed by atoms with Gasteiger partial charge in [0.25, 0.3) is 0 Å². The molecule has 1 fully saturated rings. The first-order chi connectivity index (χ1) is 9.17. The minimum Gasteiger partial charge on any atom is -0.495 e. The number of hydrogen-bond donors (Lipinski definition) is 1. The highest BCUT2D eigenvalue weighted by molar-refractivity contribution is 6.32. The predicted octanol–water partition coefficient (Wildman–Crippen LogP) is 4.23. The van der Waals surface area contributed by atoms with Gasteiger partial charge in [-0.05, 0) is 55.3 Å². The van der Waals surface area contributed by atoms with Crippen LogP contribution in [0.1, 0.15) is 44.6 Å². The highest BCUT2D eigenvalue weighted by Crippen LogP contribution is 2.41. The molecule has 1 aromatic carbocycles. The lowest BCUT2D eigenvalue weighted by Gasteiger charge is -2.22. The van der Waals surface area contributed by atoms with E-state index in [-0.39, 0.29) is 0 Å². The van der Waals surface area contributed by atoms with Crippen LogP contribution in [0.15, 0.2) is 18.2 Å². The molecule has 1 saturated carbocycles. The van der Waals surface area contributed by atoms with Gasteiger partial charge in [-0.1, -0.05) is 31.5 Å². The molecule has 0 aliphatic heterocycles. The van der Waals surface area contributed by atoms with Crippen molar-refractivity contribution >= 4 is 11.6 Å². The fourth-order valence-electron chi connectivity index (χ4n) is 3.16. The Morgan fingerprint density at radius 1 is 1.37 bits per heavy atom. The van der Waals surface area contributed by atoms with E-state index in [2.05, 4.69) is 31.3 Å². The maximum Gasteiger partial charge on any atom is 0.137 e. The Hall–Kier alpha value is -0.730. The van der Waals surface area contributed by atoms with Crippen molar-refractivity contribution in [1.82, 2.24) is 5.32 Å². The molecule has 0 amide bonds. The Bertz CT molecular complexity index is 421. The van der Waals surface area contributed by atoms with Crippen molar-refractivity contribution in [1.29, 1.82) is 0 Å². The van der Waals surface area contributed by atoms with Crippen molar-refractivity contribution < 1.29 is 4.74 Å². The number of nitrogens with one attached hydrogen (secondary N) is 1. The number of rotatable bonds is 5. The van der Waals surface area contributed by atoms with Crippen molar-refractivity contribution in [3.05, 3.63) is 28.8 Å². The Morgan fingerprint density at radius 3 is 2.84 bits per heavy atom. The smallest absolute Gasteiger partial charge is 0.137 e. The van der Waals surface area contributed by atoms with Crippen molar-refractivity contribution in [2.75, 3.05) is 13.7 Å². The molecular formula is C16H24ClNO. The summed E-state index contributed by atoms with van der Waals surface area (Å²) >= 11 is 6.10. The normalized spacial score (nSPS) is 26.6. The molecule has 3 unspecified atom stereocenters. The van der Waals surface area contributed by atoms with Crippen LogP contribution in [0.3, 0.4) is 0 Å². The second-order valence-electron chi connectivity index (χ2n) is 5.50. The number of halogens is 1. The molecule has 0 saturated heterocycles.